The number of halogens is 1. The fraction of sp³-hybridized carbons (Fsp3) is 0.0476. The van der Waals surface area contributed by atoms with Crippen molar-refractivity contribution in [3.05, 3.63) is 83.1 Å². The summed E-state index contributed by atoms with van der Waals surface area (Å²) < 4.78 is 3.00. The Morgan fingerprint density at radius 3 is 2.36 bits per heavy atom. The predicted molar refractivity (Wildman–Crippen MR) is 104 cm³/mol. The van der Waals surface area contributed by atoms with Crippen LogP contribution >= 0.6 is 15.9 Å². The lowest BCUT2D eigenvalue weighted by Crippen LogP contribution is -1.92. The molecule has 122 valence electrons. The number of carbonyl (C=O) groups excluding carboxylic acids is 1. The number of carbonyl (C=O) groups is 1. The fourth-order valence-electron chi connectivity index (χ4n) is 2.91. The summed E-state index contributed by atoms with van der Waals surface area (Å²) >= 11 is 3.58. The highest BCUT2D eigenvalue weighted by Crippen LogP contribution is 2.30. The van der Waals surface area contributed by atoms with Gasteiger partial charge in [-0.2, -0.15) is 0 Å². The van der Waals surface area contributed by atoms with Gasteiger partial charge in [0.15, 0.2) is 5.78 Å². The fourth-order valence-corrected chi connectivity index (χ4v) is 3.36. The summed E-state index contributed by atoms with van der Waals surface area (Å²) in [7, 11) is 0. The zero-order chi connectivity index (χ0) is 17.4. The van der Waals surface area contributed by atoms with Crippen LogP contribution in [0, 0.1) is 0 Å². The van der Waals surface area contributed by atoms with Crippen molar-refractivity contribution in [3.8, 4) is 22.4 Å². The van der Waals surface area contributed by atoms with E-state index in [9.17, 15) is 4.79 Å². The van der Waals surface area contributed by atoms with Crippen LogP contribution in [0.5, 0.6) is 0 Å². The monoisotopic (exact) mass is 390 g/mol. The van der Waals surface area contributed by atoms with Crippen LogP contribution in [-0.2, 0) is 0 Å². The van der Waals surface area contributed by atoms with E-state index in [0.717, 1.165) is 32.5 Å². The van der Waals surface area contributed by atoms with Crippen molar-refractivity contribution >= 4 is 27.4 Å². The molecule has 25 heavy (non-hydrogen) atoms. The van der Waals surface area contributed by atoms with Gasteiger partial charge in [0.1, 0.15) is 5.65 Å². The molecule has 0 saturated carbocycles. The normalized spacial score (nSPS) is 11.0. The molecule has 4 aromatic rings. The number of nitrogens with zero attached hydrogens (tertiary/aromatic N) is 2. The van der Waals surface area contributed by atoms with Crippen molar-refractivity contribution in [2.75, 3.05) is 0 Å². The van der Waals surface area contributed by atoms with E-state index < -0.39 is 0 Å². The average Bonchev–Trinajstić information content (AvgIpc) is 3.05. The number of imidazole rings is 1. The van der Waals surface area contributed by atoms with Gasteiger partial charge >= 0.3 is 0 Å². The Kier molecular flexibility index (Phi) is 3.98. The lowest BCUT2D eigenvalue weighted by atomic mass is 10.0. The maximum absolute atomic E-state index is 11.5. The quantitative estimate of drug-likeness (QED) is 0.424. The van der Waals surface area contributed by atoms with Crippen LogP contribution in [0.2, 0.25) is 0 Å². The van der Waals surface area contributed by atoms with Crippen LogP contribution in [0.1, 0.15) is 17.3 Å². The largest absolute Gasteiger partial charge is 0.305 e. The SMILES string of the molecule is CC(=O)c1ccc(-c2cc(Br)cn3cc(-c4ccccc4)nc23)cc1. The summed E-state index contributed by atoms with van der Waals surface area (Å²) in [5.41, 5.74) is 5.66. The van der Waals surface area contributed by atoms with E-state index in [0.29, 0.717) is 5.56 Å². The molecule has 2 aromatic carbocycles. The highest BCUT2D eigenvalue weighted by molar-refractivity contribution is 9.10. The van der Waals surface area contributed by atoms with Crippen LogP contribution in [0.3, 0.4) is 0 Å². The molecule has 0 aliphatic rings. The Labute approximate surface area is 154 Å². The lowest BCUT2D eigenvalue weighted by molar-refractivity contribution is 0.101. The Morgan fingerprint density at radius 2 is 1.68 bits per heavy atom. The van der Waals surface area contributed by atoms with Gasteiger partial charge in [0.05, 0.1) is 5.69 Å². The van der Waals surface area contributed by atoms with Crippen LogP contribution in [0.4, 0.5) is 0 Å². The zero-order valence-electron chi connectivity index (χ0n) is 13.6. The number of aromatic nitrogens is 2. The smallest absolute Gasteiger partial charge is 0.159 e. The zero-order valence-corrected chi connectivity index (χ0v) is 15.2. The lowest BCUT2D eigenvalue weighted by Gasteiger charge is -2.06. The minimum absolute atomic E-state index is 0.0677. The van der Waals surface area contributed by atoms with Crippen LogP contribution in [0.25, 0.3) is 28.0 Å². The first kappa shape index (κ1) is 15.8. The molecule has 0 bridgehead atoms. The van der Waals surface area contributed by atoms with Crippen LogP contribution in [-0.4, -0.2) is 15.2 Å². The van der Waals surface area contributed by atoms with Crippen molar-refractivity contribution in [2.24, 2.45) is 0 Å². The number of ketones is 1. The third-order valence-electron chi connectivity index (χ3n) is 4.19. The maximum atomic E-state index is 11.5. The topological polar surface area (TPSA) is 34.4 Å². The molecule has 2 aromatic heterocycles. The molecule has 4 rings (SSSR count). The molecule has 0 atom stereocenters. The Balaban J connectivity index is 1.88. The molecule has 0 amide bonds. The van der Waals surface area contributed by atoms with Crippen LogP contribution in [0.15, 0.2) is 77.5 Å². The molecule has 0 aliphatic carbocycles. The van der Waals surface area contributed by atoms with Gasteiger partial charge in [-0.3, -0.25) is 4.79 Å². The summed E-state index contributed by atoms with van der Waals surface area (Å²) in [4.78, 5) is 16.3. The van der Waals surface area contributed by atoms with Crippen molar-refractivity contribution in [2.45, 2.75) is 6.92 Å². The summed E-state index contributed by atoms with van der Waals surface area (Å²) in [6.07, 6.45) is 4.03. The van der Waals surface area contributed by atoms with E-state index in [1.165, 1.54) is 0 Å². The molecule has 2 heterocycles. The van der Waals surface area contributed by atoms with E-state index in [4.69, 9.17) is 4.98 Å². The molecular weight excluding hydrogens is 376 g/mol. The van der Waals surface area contributed by atoms with E-state index >= 15 is 0 Å². The number of fused-ring (bicyclic) bond motifs is 1. The number of Topliss-reactive ketones (excluding diaryl/α,β-unsaturated/α-hetero) is 1. The molecule has 0 N–H and O–H groups in total. The summed E-state index contributed by atoms with van der Waals surface area (Å²) in [5.74, 6) is 0.0677. The highest BCUT2D eigenvalue weighted by atomic mass is 79.9. The minimum Gasteiger partial charge on any atom is -0.305 e. The first-order valence-corrected chi connectivity index (χ1v) is 8.76. The van der Waals surface area contributed by atoms with Gasteiger partial charge in [0, 0.05) is 33.6 Å². The first-order chi connectivity index (χ1) is 12.1. The second-order valence-corrected chi connectivity index (χ2v) is 6.84. The van der Waals surface area contributed by atoms with Gasteiger partial charge < -0.3 is 4.40 Å². The maximum Gasteiger partial charge on any atom is 0.159 e. The number of pyridine rings is 1. The van der Waals surface area contributed by atoms with E-state index in [1.807, 2.05) is 59.3 Å². The molecular formula is C21H15BrN2O. The number of benzene rings is 2. The van der Waals surface area contributed by atoms with Crippen molar-refractivity contribution in [1.29, 1.82) is 0 Å². The molecule has 0 fully saturated rings. The molecule has 3 nitrogen and oxygen atoms in total. The Bertz CT molecular complexity index is 1070. The summed E-state index contributed by atoms with van der Waals surface area (Å²) in [6.45, 7) is 1.58. The summed E-state index contributed by atoms with van der Waals surface area (Å²) in [6, 6.07) is 19.8. The van der Waals surface area contributed by atoms with E-state index in [2.05, 4.69) is 34.1 Å². The molecule has 4 heteroatoms. The summed E-state index contributed by atoms with van der Waals surface area (Å²) in [5, 5.41) is 0. The number of hydrogen-bond acceptors (Lipinski definition) is 2. The molecule has 0 radical (unpaired) electrons. The third-order valence-corrected chi connectivity index (χ3v) is 4.62. The number of rotatable bonds is 3. The molecule has 0 aliphatic heterocycles. The Morgan fingerprint density at radius 1 is 0.960 bits per heavy atom. The molecule has 0 spiro atoms. The average molecular weight is 391 g/mol. The molecule has 0 saturated heterocycles. The first-order valence-electron chi connectivity index (χ1n) is 7.97. The van der Waals surface area contributed by atoms with E-state index in [-0.39, 0.29) is 5.78 Å². The van der Waals surface area contributed by atoms with Gasteiger partial charge in [-0.25, -0.2) is 4.98 Å². The Hall–Kier alpha value is -2.72. The van der Waals surface area contributed by atoms with Crippen molar-refractivity contribution < 1.29 is 4.79 Å². The molecule has 0 unspecified atom stereocenters. The van der Waals surface area contributed by atoms with Crippen molar-refractivity contribution in [3.63, 3.8) is 0 Å². The highest BCUT2D eigenvalue weighted by Gasteiger charge is 2.11. The standard InChI is InChI=1S/C21H15BrN2O/c1-14(25)15-7-9-16(10-8-15)19-11-18(22)12-24-13-20(23-21(19)24)17-5-3-2-4-6-17/h2-13H,1H3. The van der Waals surface area contributed by atoms with Gasteiger partial charge in [-0.1, -0.05) is 54.6 Å². The van der Waals surface area contributed by atoms with Gasteiger partial charge in [0.25, 0.3) is 0 Å². The van der Waals surface area contributed by atoms with Crippen LogP contribution < -0.4 is 0 Å². The minimum atomic E-state index is 0.0677. The van der Waals surface area contributed by atoms with Gasteiger partial charge in [-0.05, 0) is 34.5 Å². The second-order valence-electron chi connectivity index (χ2n) is 5.93. The number of hydrogen-bond donors (Lipinski definition) is 0. The van der Waals surface area contributed by atoms with Gasteiger partial charge in [-0.15, -0.1) is 0 Å². The van der Waals surface area contributed by atoms with Gasteiger partial charge in [0.2, 0.25) is 0 Å². The van der Waals surface area contributed by atoms with E-state index in [1.54, 1.807) is 6.92 Å². The van der Waals surface area contributed by atoms with Crippen molar-refractivity contribution in [1.82, 2.24) is 9.38 Å². The second kappa shape index (κ2) is 6.30. The third kappa shape index (κ3) is 3.01. The predicted octanol–water partition coefficient (Wildman–Crippen LogP) is 5.63.